The molecule has 1 N–H and O–H groups in total. The first-order chi connectivity index (χ1) is 10.1. The molecule has 0 bridgehead atoms. The van der Waals surface area contributed by atoms with Crippen LogP contribution in [-0.2, 0) is 6.54 Å². The van der Waals surface area contributed by atoms with E-state index in [0.717, 1.165) is 43.6 Å². The monoisotopic (exact) mass is 292 g/mol. The molecule has 0 fully saturated rings. The molecule has 120 valence electrons. The predicted molar refractivity (Wildman–Crippen MR) is 90.5 cm³/mol. The molecule has 0 aliphatic rings. The van der Waals surface area contributed by atoms with Gasteiger partial charge in [-0.05, 0) is 25.3 Å². The summed E-state index contributed by atoms with van der Waals surface area (Å²) in [4.78, 5) is 11.5. The quantitative estimate of drug-likeness (QED) is 0.717. The van der Waals surface area contributed by atoms with Crippen molar-refractivity contribution in [2.75, 3.05) is 24.5 Å². The Morgan fingerprint density at radius 3 is 2.43 bits per heavy atom. The lowest BCUT2D eigenvalue weighted by Crippen LogP contribution is -2.30. The van der Waals surface area contributed by atoms with Crippen LogP contribution in [0.5, 0.6) is 0 Å². The lowest BCUT2D eigenvalue weighted by molar-refractivity contribution is 0.483. The molecule has 0 saturated heterocycles. The van der Waals surface area contributed by atoms with Gasteiger partial charge in [0.05, 0.1) is 11.9 Å². The third kappa shape index (κ3) is 6.42. The SMILES string of the molecule is CCC(CC)CN(CC)c1cncc(CNCC(C)C)n1. The second kappa shape index (κ2) is 9.72. The Hall–Kier alpha value is -1.16. The van der Waals surface area contributed by atoms with E-state index in [0.29, 0.717) is 5.92 Å². The summed E-state index contributed by atoms with van der Waals surface area (Å²) in [6.07, 6.45) is 6.19. The zero-order chi connectivity index (χ0) is 15.7. The van der Waals surface area contributed by atoms with Crippen molar-refractivity contribution in [3.63, 3.8) is 0 Å². The van der Waals surface area contributed by atoms with Crippen molar-refractivity contribution in [1.29, 1.82) is 0 Å². The van der Waals surface area contributed by atoms with Crippen LogP contribution in [0.4, 0.5) is 5.82 Å². The van der Waals surface area contributed by atoms with E-state index in [-0.39, 0.29) is 0 Å². The highest BCUT2D eigenvalue weighted by atomic mass is 15.2. The summed E-state index contributed by atoms with van der Waals surface area (Å²) < 4.78 is 0. The molecule has 0 unspecified atom stereocenters. The number of anilines is 1. The molecule has 1 aromatic rings. The molecule has 0 spiro atoms. The molecular formula is C17H32N4. The van der Waals surface area contributed by atoms with Gasteiger partial charge in [0, 0.05) is 25.8 Å². The molecule has 21 heavy (non-hydrogen) atoms. The van der Waals surface area contributed by atoms with Crippen LogP contribution in [0, 0.1) is 11.8 Å². The summed E-state index contributed by atoms with van der Waals surface area (Å²) in [5.41, 5.74) is 1.02. The van der Waals surface area contributed by atoms with E-state index in [4.69, 9.17) is 4.98 Å². The van der Waals surface area contributed by atoms with Crippen LogP contribution in [0.3, 0.4) is 0 Å². The van der Waals surface area contributed by atoms with Gasteiger partial charge in [-0.1, -0.05) is 40.5 Å². The minimum Gasteiger partial charge on any atom is -0.355 e. The topological polar surface area (TPSA) is 41.1 Å². The van der Waals surface area contributed by atoms with E-state index >= 15 is 0 Å². The van der Waals surface area contributed by atoms with Crippen LogP contribution < -0.4 is 10.2 Å². The number of rotatable bonds is 10. The van der Waals surface area contributed by atoms with Gasteiger partial charge < -0.3 is 10.2 Å². The largest absolute Gasteiger partial charge is 0.355 e. The van der Waals surface area contributed by atoms with Crippen molar-refractivity contribution in [1.82, 2.24) is 15.3 Å². The van der Waals surface area contributed by atoms with E-state index in [1.54, 1.807) is 0 Å². The van der Waals surface area contributed by atoms with Gasteiger partial charge in [-0.15, -0.1) is 0 Å². The Morgan fingerprint density at radius 1 is 1.14 bits per heavy atom. The highest BCUT2D eigenvalue weighted by Crippen LogP contribution is 2.16. The Balaban J connectivity index is 2.67. The van der Waals surface area contributed by atoms with Crippen molar-refractivity contribution in [3.05, 3.63) is 18.1 Å². The van der Waals surface area contributed by atoms with E-state index in [1.165, 1.54) is 12.8 Å². The number of hydrogen-bond donors (Lipinski definition) is 1. The van der Waals surface area contributed by atoms with E-state index in [9.17, 15) is 0 Å². The van der Waals surface area contributed by atoms with Crippen molar-refractivity contribution in [2.24, 2.45) is 11.8 Å². The Kier molecular flexibility index (Phi) is 8.28. The number of hydrogen-bond acceptors (Lipinski definition) is 4. The standard InChI is InChI=1S/C17H32N4/c1-6-15(7-2)13-21(8-3)17-12-19-11-16(20-17)10-18-9-14(4)5/h11-12,14-15,18H,6-10,13H2,1-5H3. The molecule has 4 nitrogen and oxygen atoms in total. The van der Waals surface area contributed by atoms with Gasteiger partial charge >= 0.3 is 0 Å². The minimum absolute atomic E-state index is 0.656. The molecule has 0 atom stereocenters. The fourth-order valence-corrected chi connectivity index (χ4v) is 2.36. The van der Waals surface area contributed by atoms with Crippen LogP contribution in [0.25, 0.3) is 0 Å². The van der Waals surface area contributed by atoms with Gasteiger partial charge in [0.15, 0.2) is 0 Å². The van der Waals surface area contributed by atoms with Crippen molar-refractivity contribution >= 4 is 5.82 Å². The second-order valence-corrected chi connectivity index (χ2v) is 6.11. The molecule has 0 radical (unpaired) electrons. The van der Waals surface area contributed by atoms with Crippen LogP contribution in [-0.4, -0.2) is 29.6 Å². The molecule has 0 saturated carbocycles. The molecule has 1 aromatic heterocycles. The lowest BCUT2D eigenvalue weighted by atomic mass is 10.0. The highest BCUT2D eigenvalue weighted by Gasteiger charge is 2.12. The van der Waals surface area contributed by atoms with Crippen molar-refractivity contribution < 1.29 is 0 Å². The van der Waals surface area contributed by atoms with Gasteiger partial charge in [-0.25, -0.2) is 4.98 Å². The van der Waals surface area contributed by atoms with Crippen LogP contribution in [0.1, 0.15) is 53.2 Å². The maximum Gasteiger partial charge on any atom is 0.147 e. The molecular weight excluding hydrogens is 260 g/mol. The first-order valence-corrected chi connectivity index (χ1v) is 8.37. The van der Waals surface area contributed by atoms with Crippen LogP contribution in [0.2, 0.25) is 0 Å². The van der Waals surface area contributed by atoms with Crippen molar-refractivity contribution in [2.45, 2.75) is 54.0 Å². The molecule has 4 heteroatoms. The number of nitrogens with zero attached hydrogens (tertiary/aromatic N) is 3. The maximum atomic E-state index is 4.76. The summed E-state index contributed by atoms with van der Waals surface area (Å²) >= 11 is 0. The smallest absolute Gasteiger partial charge is 0.147 e. The first kappa shape index (κ1) is 17.9. The average molecular weight is 292 g/mol. The van der Waals surface area contributed by atoms with Gasteiger partial charge in [0.25, 0.3) is 0 Å². The number of nitrogens with one attached hydrogen (secondary N) is 1. The van der Waals surface area contributed by atoms with Gasteiger partial charge in [0.2, 0.25) is 0 Å². The number of aromatic nitrogens is 2. The summed E-state index contributed by atoms with van der Waals surface area (Å²) in [6, 6.07) is 0. The van der Waals surface area contributed by atoms with E-state index in [2.05, 4.69) is 49.8 Å². The normalized spacial score (nSPS) is 11.4. The lowest BCUT2D eigenvalue weighted by Gasteiger charge is -2.26. The Morgan fingerprint density at radius 2 is 1.86 bits per heavy atom. The zero-order valence-corrected chi connectivity index (χ0v) is 14.4. The molecule has 1 rings (SSSR count). The Bertz CT molecular complexity index is 388. The van der Waals surface area contributed by atoms with Crippen LogP contribution >= 0.6 is 0 Å². The highest BCUT2D eigenvalue weighted by molar-refractivity contribution is 5.36. The third-order valence-corrected chi connectivity index (χ3v) is 3.87. The van der Waals surface area contributed by atoms with Gasteiger partial charge in [-0.3, -0.25) is 4.98 Å². The van der Waals surface area contributed by atoms with Gasteiger partial charge in [0.1, 0.15) is 5.82 Å². The molecule has 0 aromatic carbocycles. The fraction of sp³-hybridized carbons (Fsp3) is 0.765. The minimum atomic E-state index is 0.656. The molecule has 0 amide bonds. The zero-order valence-electron chi connectivity index (χ0n) is 14.4. The van der Waals surface area contributed by atoms with Gasteiger partial charge in [-0.2, -0.15) is 0 Å². The second-order valence-electron chi connectivity index (χ2n) is 6.11. The van der Waals surface area contributed by atoms with Crippen molar-refractivity contribution in [3.8, 4) is 0 Å². The van der Waals surface area contributed by atoms with E-state index < -0.39 is 0 Å². The fourth-order valence-electron chi connectivity index (χ4n) is 2.36. The van der Waals surface area contributed by atoms with E-state index in [1.807, 2.05) is 12.4 Å². The predicted octanol–water partition coefficient (Wildman–Crippen LogP) is 3.48. The van der Waals surface area contributed by atoms with Crippen LogP contribution in [0.15, 0.2) is 12.4 Å². The molecule has 1 heterocycles. The summed E-state index contributed by atoms with van der Waals surface area (Å²) in [7, 11) is 0. The maximum absolute atomic E-state index is 4.76. The summed E-state index contributed by atoms with van der Waals surface area (Å²) in [5, 5.41) is 3.43. The average Bonchev–Trinajstić information content (AvgIpc) is 2.48. The molecule has 0 aliphatic carbocycles. The summed E-state index contributed by atoms with van der Waals surface area (Å²) in [5.74, 6) is 2.39. The first-order valence-electron chi connectivity index (χ1n) is 8.37. The molecule has 0 aliphatic heterocycles. The Labute approximate surface area is 130 Å². The summed E-state index contributed by atoms with van der Waals surface area (Å²) in [6.45, 7) is 15.0. The third-order valence-electron chi connectivity index (χ3n) is 3.87.